The number of hydrogen-bond donors (Lipinski definition) is 0. The molecule has 2 aromatic carbocycles. The molecule has 3 fully saturated rings. The highest BCUT2D eigenvalue weighted by molar-refractivity contribution is 7.89. The van der Waals surface area contributed by atoms with Crippen LogP contribution in [-0.4, -0.2) is 74.9 Å². The summed E-state index contributed by atoms with van der Waals surface area (Å²) in [6.07, 6.45) is 10.1. The minimum absolute atomic E-state index is 0.0596. The molecule has 226 valence electrons. The van der Waals surface area contributed by atoms with Gasteiger partial charge in [0.15, 0.2) is 0 Å². The van der Waals surface area contributed by atoms with Gasteiger partial charge in [-0.2, -0.15) is 4.31 Å². The fraction of sp³-hybridized carbons (Fsp3) is 0.516. The summed E-state index contributed by atoms with van der Waals surface area (Å²) in [6.45, 7) is 3.58. The van der Waals surface area contributed by atoms with Crippen LogP contribution in [0, 0.1) is 5.41 Å². The summed E-state index contributed by atoms with van der Waals surface area (Å²) in [5.41, 5.74) is 1.43. The summed E-state index contributed by atoms with van der Waals surface area (Å²) in [7, 11) is -7.14. The van der Waals surface area contributed by atoms with Gasteiger partial charge >= 0.3 is 0 Å². The molecule has 3 saturated heterocycles. The molecule has 0 amide bonds. The molecule has 0 radical (unpaired) electrons. The molecule has 1 atom stereocenters. The van der Waals surface area contributed by atoms with E-state index in [1.54, 1.807) is 26.8 Å². The summed E-state index contributed by atoms with van der Waals surface area (Å²) >= 11 is 6.34. The zero-order valence-electron chi connectivity index (χ0n) is 23.9. The first kappa shape index (κ1) is 29.8. The Bertz CT molecular complexity index is 1620. The van der Waals surface area contributed by atoms with Crippen molar-refractivity contribution in [3.8, 4) is 0 Å². The Hall–Kier alpha value is -2.24. The van der Waals surface area contributed by atoms with Crippen LogP contribution < -0.4 is 4.90 Å². The molecule has 3 aliphatic rings. The Kier molecular flexibility index (Phi) is 8.54. The van der Waals surface area contributed by atoms with E-state index in [9.17, 15) is 16.8 Å². The minimum Gasteiger partial charge on any atom is -0.371 e. The second-order valence-corrected chi connectivity index (χ2v) is 16.4. The standard InChI is InChI=1S/C31H39ClN4O4S2/c32-29-9-10-30(28-8-2-1-7-27(28)29)42(39,40)36-19-3-5-26(36)6-4-24-41(37,38)35-22-15-31(16-23-35)13-20-34(21-14-31)25-11-17-33-18-12-25/h1-2,7-12,17-18,26H,3-6,13-16,19-24H2. The van der Waals surface area contributed by atoms with E-state index < -0.39 is 20.0 Å². The number of anilines is 1. The molecule has 4 heterocycles. The van der Waals surface area contributed by atoms with Crippen LogP contribution >= 0.6 is 11.6 Å². The maximum absolute atomic E-state index is 13.8. The van der Waals surface area contributed by atoms with Gasteiger partial charge in [-0.15, -0.1) is 0 Å². The number of benzene rings is 2. The zero-order valence-corrected chi connectivity index (χ0v) is 26.3. The first-order valence-electron chi connectivity index (χ1n) is 15.0. The quantitative estimate of drug-likeness (QED) is 0.325. The molecule has 8 nitrogen and oxygen atoms in total. The fourth-order valence-corrected chi connectivity index (χ4v) is 10.8. The number of fused-ring (bicyclic) bond motifs is 1. The monoisotopic (exact) mass is 630 g/mol. The lowest BCUT2D eigenvalue weighted by Gasteiger charge is -2.47. The Morgan fingerprint density at radius 2 is 1.50 bits per heavy atom. The van der Waals surface area contributed by atoms with Gasteiger partial charge in [0, 0.05) is 72.6 Å². The molecule has 1 aromatic heterocycles. The highest BCUT2D eigenvalue weighted by Gasteiger charge is 2.41. The average molecular weight is 631 g/mol. The van der Waals surface area contributed by atoms with E-state index in [0.717, 1.165) is 51.6 Å². The Labute approximate surface area is 254 Å². The van der Waals surface area contributed by atoms with E-state index in [4.69, 9.17) is 11.6 Å². The fourth-order valence-electron chi connectivity index (χ4n) is 7.16. The van der Waals surface area contributed by atoms with Crippen LogP contribution in [0.25, 0.3) is 10.8 Å². The molecule has 42 heavy (non-hydrogen) atoms. The van der Waals surface area contributed by atoms with Crippen molar-refractivity contribution in [3.05, 3.63) is 65.9 Å². The van der Waals surface area contributed by atoms with E-state index in [1.165, 1.54) is 5.69 Å². The van der Waals surface area contributed by atoms with Crippen molar-refractivity contribution < 1.29 is 16.8 Å². The zero-order chi connectivity index (χ0) is 29.4. The number of hydrogen-bond acceptors (Lipinski definition) is 6. The van der Waals surface area contributed by atoms with Crippen LogP contribution in [-0.2, 0) is 20.0 Å². The summed E-state index contributed by atoms with van der Waals surface area (Å²) in [5.74, 6) is 0.0596. The van der Waals surface area contributed by atoms with Gasteiger partial charge in [0.05, 0.1) is 10.6 Å². The third-order valence-corrected chi connectivity index (χ3v) is 14.0. The van der Waals surface area contributed by atoms with Crippen LogP contribution in [0.1, 0.15) is 51.4 Å². The first-order valence-corrected chi connectivity index (χ1v) is 18.4. The van der Waals surface area contributed by atoms with Crippen molar-refractivity contribution in [2.24, 2.45) is 5.41 Å². The first-order chi connectivity index (χ1) is 20.2. The largest absolute Gasteiger partial charge is 0.371 e. The lowest BCUT2D eigenvalue weighted by molar-refractivity contribution is 0.119. The van der Waals surface area contributed by atoms with Crippen molar-refractivity contribution >= 4 is 48.1 Å². The van der Waals surface area contributed by atoms with E-state index in [2.05, 4.69) is 9.88 Å². The number of aromatic nitrogens is 1. The number of pyridine rings is 1. The number of piperidine rings is 2. The van der Waals surface area contributed by atoms with E-state index in [1.807, 2.05) is 42.7 Å². The van der Waals surface area contributed by atoms with Crippen LogP contribution in [0.5, 0.6) is 0 Å². The van der Waals surface area contributed by atoms with Crippen molar-refractivity contribution in [2.45, 2.75) is 62.3 Å². The van der Waals surface area contributed by atoms with Crippen LogP contribution in [0.15, 0.2) is 65.8 Å². The molecule has 1 spiro atoms. The molecule has 0 aliphatic carbocycles. The van der Waals surface area contributed by atoms with Gasteiger partial charge in [-0.1, -0.05) is 35.9 Å². The minimum atomic E-state index is -3.75. The van der Waals surface area contributed by atoms with Gasteiger partial charge in [-0.05, 0) is 81.0 Å². The number of halogens is 1. The van der Waals surface area contributed by atoms with Gasteiger partial charge in [-0.25, -0.2) is 21.1 Å². The average Bonchev–Trinajstić information content (AvgIpc) is 3.48. The molecule has 0 bridgehead atoms. The maximum Gasteiger partial charge on any atom is 0.243 e. The van der Waals surface area contributed by atoms with Crippen molar-refractivity contribution in [1.82, 2.24) is 13.6 Å². The van der Waals surface area contributed by atoms with E-state index in [0.29, 0.717) is 48.3 Å². The number of nitrogens with zero attached hydrogens (tertiary/aromatic N) is 4. The van der Waals surface area contributed by atoms with Crippen LogP contribution in [0.4, 0.5) is 5.69 Å². The summed E-state index contributed by atoms with van der Waals surface area (Å²) in [6, 6.07) is 14.4. The van der Waals surface area contributed by atoms with Crippen molar-refractivity contribution in [2.75, 3.05) is 43.4 Å². The van der Waals surface area contributed by atoms with Gasteiger partial charge in [-0.3, -0.25) is 4.98 Å². The van der Waals surface area contributed by atoms with Gasteiger partial charge < -0.3 is 4.90 Å². The predicted molar refractivity (Wildman–Crippen MR) is 168 cm³/mol. The van der Waals surface area contributed by atoms with E-state index >= 15 is 0 Å². The Balaban J connectivity index is 1.03. The summed E-state index contributed by atoms with van der Waals surface area (Å²) in [5, 5.41) is 1.85. The molecule has 3 aromatic rings. The maximum atomic E-state index is 13.8. The molecular weight excluding hydrogens is 592 g/mol. The molecule has 0 N–H and O–H groups in total. The highest BCUT2D eigenvalue weighted by Crippen LogP contribution is 2.43. The lowest BCUT2D eigenvalue weighted by atomic mass is 9.71. The smallest absolute Gasteiger partial charge is 0.243 e. The molecule has 3 aliphatic heterocycles. The van der Waals surface area contributed by atoms with Crippen molar-refractivity contribution in [1.29, 1.82) is 0 Å². The molecule has 11 heteroatoms. The predicted octanol–water partition coefficient (Wildman–Crippen LogP) is 5.53. The Morgan fingerprint density at radius 3 is 2.21 bits per heavy atom. The molecular formula is C31H39ClN4O4S2. The second-order valence-electron chi connectivity index (χ2n) is 12.1. The lowest BCUT2D eigenvalue weighted by Crippen LogP contribution is -2.48. The number of rotatable bonds is 8. The third kappa shape index (κ3) is 5.93. The molecule has 0 saturated carbocycles. The third-order valence-electron chi connectivity index (χ3n) is 9.71. The topological polar surface area (TPSA) is 90.9 Å². The second kappa shape index (κ2) is 12.0. The molecule has 6 rings (SSSR count). The van der Waals surface area contributed by atoms with Gasteiger partial charge in [0.25, 0.3) is 0 Å². The Morgan fingerprint density at radius 1 is 0.833 bits per heavy atom. The van der Waals surface area contributed by atoms with E-state index in [-0.39, 0.29) is 22.1 Å². The summed E-state index contributed by atoms with van der Waals surface area (Å²) in [4.78, 5) is 6.78. The van der Waals surface area contributed by atoms with Gasteiger partial charge in [0.1, 0.15) is 0 Å². The number of sulfonamides is 2. The van der Waals surface area contributed by atoms with Crippen LogP contribution in [0.3, 0.4) is 0 Å². The van der Waals surface area contributed by atoms with Crippen molar-refractivity contribution in [3.63, 3.8) is 0 Å². The van der Waals surface area contributed by atoms with Gasteiger partial charge in [0.2, 0.25) is 20.0 Å². The highest BCUT2D eigenvalue weighted by atomic mass is 35.5. The SMILES string of the molecule is O=S(=O)(CCCC1CCCN1S(=O)(=O)c1ccc(Cl)c2ccccc12)N1CCC2(CCN(c3ccncc3)CC2)CC1. The molecule has 1 unspecified atom stereocenters. The van der Waals surface area contributed by atoms with Crippen LogP contribution in [0.2, 0.25) is 5.02 Å². The summed E-state index contributed by atoms with van der Waals surface area (Å²) < 4.78 is 57.4. The normalized spacial score (nSPS) is 22.2.